The fourth-order valence-electron chi connectivity index (χ4n) is 3.08. The van der Waals surface area contributed by atoms with Crippen LogP contribution >= 0.6 is 0 Å². The lowest BCUT2D eigenvalue weighted by atomic mass is 10.0. The van der Waals surface area contributed by atoms with E-state index in [0.717, 1.165) is 24.8 Å². The Morgan fingerprint density at radius 3 is 2.78 bits per heavy atom. The van der Waals surface area contributed by atoms with Gasteiger partial charge in [-0.2, -0.15) is 0 Å². The summed E-state index contributed by atoms with van der Waals surface area (Å²) in [6, 6.07) is 6.99. The minimum Gasteiger partial charge on any atom is -0.347 e. The molecule has 1 aromatic carbocycles. The van der Waals surface area contributed by atoms with E-state index in [1.807, 2.05) is 0 Å². The van der Waals surface area contributed by atoms with Crippen LogP contribution in [0.15, 0.2) is 30.6 Å². The second-order valence-electron chi connectivity index (χ2n) is 6.35. The summed E-state index contributed by atoms with van der Waals surface area (Å²) in [5.74, 6) is 7.43. The van der Waals surface area contributed by atoms with Gasteiger partial charge in [0.15, 0.2) is 0 Å². The van der Waals surface area contributed by atoms with Crippen LogP contribution in [0.4, 0.5) is 5.95 Å². The Morgan fingerprint density at radius 2 is 2.04 bits per heavy atom. The summed E-state index contributed by atoms with van der Waals surface area (Å²) >= 11 is 0. The lowest BCUT2D eigenvalue weighted by Crippen LogP contribution is -2.16. The number of nitrogens with one attached hydrogen (secondary N) is 1. The number of hydrogen-bond acceptors (Lipinski definition) is 3. The van der Waals surface area contributed by atoms with E-state index in [1.165, 1.54) is 16.7 Å². The Hall–Kier alpha value is -2.34. The van der Waals surface area contributed by atoms with Gasteiger partial charge in [0.2, 0.25) is 5.95 Å². The molecule has 3 heteroatoms. The minimum atomic E-state index is 0.280. The molecular formula is C20H23N3. The van der Waals surface area contributed by atoms with Crippen LogP contribution in [0.1, 0.15) is 55.0 Å². The third-order valence-corrected chi connectivity index (χ3v) is 4.29. The van der Waals surface area contributed by atoms with Gasteiger partial charge in [0.25, 0.3) is 0 Å². The van der Waals surface area contributed by atoms with Crippen LogP contribution in [0.5, 0.6) is 0 Å². The van der Waals surface area contributed by atoms with Crippen LogP contribution in [0.2, 0.25) is 0 Å². The minimum absolute atomic E-state index is 0.280. The molecule has 0 saturated heterocycles. The Labute approximate surface area is 138 Å². The van der Waals surface area contributed by atoms with Gasteiger partial charge >= 0.3 is 0 Å². The molecule has 1 N–H and O–H groups in total. The average molecular weight is 305 g/mol. The summed E-state index contributed by atoms with van der Waals surface area (Å²) in [7, 11) is 0. The molecule has 0 amide bonds. The van der Waals surface area contributed by atoms with Crippen molar-refractivity contribution in [1.82, 2.24) is 9.97 Å². The molecule has 3 rings (SSSR count). The molecule has 0 unspecified atom stereocenters. The SMILES string of the molecule is CCCC#Cc1cnc(N[C@H]2c3cc(C)ccc3C[C@@H]2C)nc1. The largest absolute Gasteiger partial charge is 0.347 e. The molecule has 2 atom stereocenters. The van der Waals surface area contributed by atoms with Crippen molar-refractivity contribution in [3.05, 3.63) is 52.8 Å². The maximum Gasteiger partial charge on any atom is 0.223 e. The zero-order valence-corrected chi connectivity index (χ0v) is 14.1. The van der Waals surface area contributed by atoms with E-state index in [1.54, 1.807) is 12.4 Å². The second kappa shape index (κ2) is 6.83. The normalized spacial score (nSPS) is 18.9. The predicted octanol–water partition coefficient (Wildman–Crippen LogP) is 4.28. The van der Waals surface area contributed by atoms with Crippen LogP contribution in [-0.4, -0.2) is 9.97 Å². The van der Waals surface area contributed by atoms with E-state index in [4.69, 9.17) is 0 Å². The molecule has 0 aliphatic heterocycles. The number of aryl methyl sites for hydroxylation is 1. The smallest absolute Gasteiger partial charge is 0.223 e. The van der Waals surface area contributed by atoms with Gasteiger partial charge in [-0.25, -0.2) is 9.97 Å². The number of hydrogen-bond donors (Lipinski definition) is 1. The fourth-order valence-corrected chi connectivity index (χ4v) is 3.08. The molecule has 23 heavy (non-hydrogen) atoms. The molecule has 0 fully saturated rings. The number of unbranched alkanes of at least 4 members (excludes halogenated alkanes) is 1. The fraction of sp³-hybridized carbons (Fsp3) is 0.400. The van der Waals surface area contributed by atoms with Crippen LogP contribution in [-0.2, 0) is 6.42 Å². The van der Waals surface area contributed by atoms with Gasteiger partial charge < -0.3 is 5.32 Å². The molecule has 2 aromatic rings. The maximum atomic E-state index is 4.43. The number of nitrogens with zero attached hydrogens (tertiary/aromatic N) is 2. The van der Waals surface area contributed by atoms with Crippen molar-refractivity contribution in [2.45, 2.75) is 46.1 Å². The van der Waals surface area contributed by atoms with Gasteiger partial charge in [-0.15, -0.1) is 0 Å². The quantitative estimate of drug-likeness (QED) is 0.860. The summed E-state index contributed by atoms with van der Waals surface area (Å²) in [5.41, 5.74) is 4.99. The molecule has 1 aliphatic carbocycles. The van der Waals surface area contributed by atoms with E-state index >= 15 is 0 Å². The maximum absolute atomic E-state index is 4.43. The number of fused-ring (bicyclic) bond motifs is 1. The summed E-state index contributed by atoms with van der Waals surface area (Å²) < 4.78 is 0. The van der Waals surface area contributed by atoms with Gasteiger partial charge in [-0.1, -0.05) is 49.5 Å². The van der Waals surface area contributed by atoms with Crippen molar-refractivity contribution in [2.24, 2.45) is 5.92 Å². The van der Waals surface area contributed by atoms with Crippen LogP contribution < -0.4 is 5.32 Å². The number of aromatic nitrogens is 2. The van der Waals surface area contributed by atoms with Gasteiger partial charge in [0.05, 0.1) is 11.6 Å². The molecular weight excluding hydrogens is 282 g/mol. The lowest BCUT2D eigenvalue weighted by Gasteiger charge is -2.18. The van der Waals surface area contributed by atoms with Crippen molar-refractivity contribution >= 4 is 5.95 Å². The van der Waals surface area contributed by atoms with E-state index in [9.17, 15) is 0 Å². The first-order valence-electron chi connectivity index (χ1n) is 8.34. The first-order valence-corrected chi connectivity index (χ1v) is 8.34. The van der Waals surface area contributed by atoms with E-state index < -0.39 is 0 Å². The molecule has 118 valence electrons. The zero-order chi connectivity index (χ0) is 16.2. The first kappa shape index (κ1) is 15.6. The van der Waals surface area contributed by atoms with E-state index in [0.29, 0.717) is 11.9 Å². The molecule has 0 bridgehead atoms. The summed E-state index contributed by atoms with van der Waals surface area (Å²) in [6.07, 6.45) is 6.69. The second-order valence-corrected chi connectivity index (χ2v) is 6.35. The summed E-state index contributed by atoms with van der Waals surface area (Å²) in [4.78, 5) is 8.85. The van der Waals surface area contributed by atoms with Crippen molar-refractivity contribution < 1.29 is 0 Å². The number of rotatable bonds is 3. The molecule has 3 nitrogen and oxygen atoms in total. The monoisotopic (exact) mass is 305 g/mol. The molecule has 0 saturated carbocycles. The van der Waals surface area contributed by atoms with Crippen molar-refractivity contribution in [3.63, 3.8) is 0 Å². The molecule has 1 aromatic heterocycles. The molecule has 0 spiro atoms. The van der Waals surface area contributed by atoms with Crippen LogP contribution in [0.25, 0.3) is 0 Å². The first-order chi connectivity index (χ1) is 11.2. The molecule has 1 aliphatic rings. The van der Waals surface area contributed by atoms with Crippen molar-refractivity contribution in [3.8, 4) is 11.8 Å². The third kappa shape index (κ3) is 3.53. The summed E-state index contributed by atoms with van der Waals surface area (Å²) in [6.45, 7) is 6.54. The lowest BCUT2D eigenvalue weighted by molar-refractivity contribution is 0.539. The van der Waals surface area contributed by atoms with E-state index in [-0.39, 0.29) is 6.04 Å². The topological polar surface area (TPSA) is 37.8 Å². The Bertz CT molecular complexity index is 738. The van der Waals surface area contributed by atoms with Gasteiger partial charge in [0.1, 0.15) is 0 Å². The summed E-state index contributed by atoms with van der Waals surface area (Å²) in [5, 5.41) is 3.50. The third-order valence-electron chi connectivity index (χ3n) is 4.29. The standard InChI is InChI=1S/C20H23N3/c1-4-5-6-7-16-12-21-20(22-13-16)23-19-15(3)11-17-9-8-14(2)10-18(17)19/h8-10,12-13,15,19H,4-5,11H2,1-3H3,(H,21,22,23)/t15-,19+/m0/s1. The van der Waals surface area contributed by atoms with Gasteiger partial charge in [-0.05, 0) is 36.8 Å². The predicted molar refractivity (Wildman–Crippen MR) is 94.2 cm³/mol. The highest BCUT2D eigenvalue weighted by Gasteiger charge is 2.29. The Balaban J connectivity index is 1.75. The van der Waals surface area contributed by atoms with Crippen molar-refractivity contribution in [1.29, 1.82) is 0 Å². The highest BCUT2D eigenvalue weighted by Crippen LogP contribution is 2.38. The highest BCUT2D eigenvalue weighted by molar-refractivity contribution is 5.44. The van der Waals surface area contributed by atoms with Crippen LogP contribution in [0.3, 0.4) is 0 Å². The average Bonchev–Trinajstić information content (AvgIpc) is 2.85. The number of anilines is 1. The van der Waals surface area contributed by atoms with Gasteiger partial charge in [-0.3, -0.25) is 0 Å². The zero-order valence-electron chi connectivity index (χ0n) is 14.1. The molecule has 0 radical (unpaired) electrons. The Morgan fingerprint density at radius 1 is 1.26 bits per heavy atom. The van der Waals surface area contributed by atoms with Gasteiger partial charge in [0, 0.05) is 18.8 Å². The van der Waals surface area contributed by atoms with Crippen molar-refractivity contribution in [2.75, 3.05) is 5.32 Å². The van der Waals surface area contributed by atoms with E-state index in [2.05, 4.69) is 66.1 Å². The van der Waals surface area contributed by atoms with Crippen LogP contribution in [0, 0.1) is 24.7 Å². The number of benzene rings is 1. The molecule has 1 heterocycles. The Kier molecular flexibility index (Phi) is 4.62. The highest BCUT2D eigenvalue weighted by atomic mass is 15.1.